The van der Waals surface area contributed by atoms with Crippen LogP contribution in [0.3, 0.4) is 0 Å². The van der Waals surface area contributed by atoms with Gasteiger partial charge in [-0.25, -0.2) is 0 Å². The van der Waals surface area contributed by atoms with Gasteiger partial charge in [-0.1, -0.05) is 6.07 Å². The lowest BCUT2D eigenvalue weighted by Gasteiger charge is -2.21. The van der Waals surface area contributed by atoms with Crippen LogP contribution in [0.15, 0.2) is 41.4 Å². The number of anilines is 1. The second-order valence-electron chi connectivity index (χ2n) is 7.59. The molecule has 3 rings (SSSR count). The predicted molar refractivity (Wildman–Crippen MR) is 128 cm³/mol. The van der Waals surface area contributed by atoms with Crippen molar-refractivity contribution in [2.45, 2.75) is 18.9 Å². The molecule has 2 aromatic rings. The SMILES string of the molecule is CN=C(NCCc1ccc(OC)c(OC)c1)NC1CCN(c2cc(OC)cc(OC)c2)C1. The van der Waals surface area contributed by atoms with Gasteiger partial charge in [0.1, 0.15) is 11.5 Å². The van der Waals surface area contributed by atoms with Gasteiger partial charge in [-0.15, -0.1) is 0 Å². The topological polar surface area (TPSA) is 76.6 Å². The number of nitrogens with one attached hydrogen (secondary N) is 2. The Morgan fingerprint density at radius 3 is 2.31 bits per heavy atom. The van der Waals surface area contributed by atoms with Crippen LogP contribution in [-0.2, 0) is 6.42 Å². The maximum absolute atomic E-state index is 5.41. The number of rotatable bonds is 9. The minimum absolute atomic E-state index is 0.305. The zero-order valence-electron chi connectivity index (χ0n) is 19.6. The van der Waals surface area contributed by atoms with Crippen LogP contribution in [0.1, 0.15) is 12.0 Å². The van der Waals surface area contributed by atoms with Crippen molar-refractivity contribution in [1.29, 1.82) is 0 Å². The van der Waals surface area contributed by atoms with Gasteiger partial charge in [-0.3, -0.25) is 4.99 Å². The number of aliphatic imine (C=N–C) groups is 1. The van der Waals surface area contributed by atoms with Crippen LogP contribution in [0.4, 0.5) is 5.69 Å². The quantitative estimate of drug-likeness (QED) is 0.457. The number of nitrogens with zero attached hydrogens (tertiary/aromatic N) is 2. The summed E-state index contributed by atoms with van der Waals surface area (Å²) in [7, 11) is 8.43. The van der Waals surface area contributed by atoms with Gasteiger partial charge in [0.25, 0.3) is 0 Å². The summed E-state index contributed by atoms with van der Waals surface area (Å²) in [5.74, 6) is 3.88. The summed E-state index contributed by atoms with van der Waals surface area (Å²) in [6.45, 7) is 2.60. The molecule has 2 aromatic carbocycles. The first-order valence-electron chi connectivity index (χ1n) is 10.8. The molecule has 0 aliphatic carbocycles. The van der Waals surface area contributed by atoms with Crippen molar-refractivity contribution in [3.63, 3.8) is 0 Å². The normalized spacial score (nSPS) is 16.0. The van der Waals surface area contributed by atoms with E-state index in [1.54, 1.807) is 35.5 Å². The van der Waals surface area contributed by atoms with Gasteiger partial charge in [0, 0.05) is 56.6 Å². The Morgan fingerprint density at radius 1 is 0.969 bits per heavy atom. The molecule has 8 nitrogen and oxygen atoms in total. The number of hydrogen-bond donors (Lipinski definition) is 2. The molecule has 174 valence electrons. The Balaban J connectivity index is 1.51. The Bertz CT molecular complexity index is 897. The summed E-state index contributed by atoms with van der Waals surface area (Å²) in [6.07, 6.45) is 1.87. The summed E-state index contributed by atoms with van der Waals surface area (Å²) in [5.41, 5.74) is 2.27. The molecule has 1 aliphatic heterocycles. The van der Waals surface area contributed by atoms with Crippen molar-refractivity contribution in [2.24, 2.45) is 4.99 Å². The van der Waals surface area contributed by atoms with Crippen LogP contribution in [-0.4, -0.2) is 67.1 Å². The van der Waals surface area contributed by atoms with Crippen LogP contribution in [0.25, 0.3) is 0 Å². The number of hydrogen-bond acceptors (Lipinski definition) is 6. The predicted octanol–water partition coefficient (Wildman–Crippen LogP) is 2.71. The van der Waals surface area contributed by atoms with Crippen LogP contribution < -0.4 is 34.5 Å². The van der Waals surface area contributed by atoms with E-state index in [2.05, 4.69) is 26.6 Å². The third-order valence-electron chi connectivity index (χ3n) is 5.61. The zero-order chi connectivity index (χ0) is 22.9. The summed E-state index contributed by atoms with van der Waals surface area (Å²) in [6, 6.07) is 12.3. The van der Waals surface area contributed by atoms with E-state index in [0.717, 1.165) is 67.1 Å². The van der Waals surface area contributed by atoms with E-state index in [0.29, 0.717) is 6.04 Å². The van der Waals surface area contributed by atoms with E-state index in [-0.39, 0.29) is 0 Å². The second kappa shape index (κ2) is 11.4. The molecule has 32 heavy (non-hydrogen) atoms. The number of guanidine groups is 1. The standard InChI is InChI=1S/C24H34N4O4/c1-25-24(26-10-8-17-6-7-22(31-4)23(12-17)32-5)27-18-9-11-28(16-18)19-13-20(29-2)15-21(14-19)30-3/h6-7,12-15,18H,8-11,16H2,1-5H3,(H2,25,26,27). The van der Waals surface area contributed by atoms with Crippen molar-refractivity contribution in [3.05, 3.63) is 42.0 Å². The van der Waals surface area contributed by atoms with Gasteiger partial charge in [0.2, 0.25) is 0 Å². The first kappa shape index (κ1) is 23.4. The Morgan fingerprint density at radius 2 is 1.69 bits per heavy atom. The van der Waals surface area contributed by atoms with Crippen molar-refractivity contribution in [2.75, 3.05) is 60.0 Å². The highest BCUT2D eigenvalue weighted by Gasteiger charge is 2.24. The van der Waals surface area contributed by atoms with Gasteiger partial charge in [0.15, 0.2) is 17.5 Å². The van der Waals surface area contributed by atoms with Crippen molar-refractivity contribution >= 4 is 11.6 Å². The van der Waals surface area contributed by atoms with Crippen LogP contribution >= 0.6 is 0 Å². The molecule has 0 radical (unpaired) electrons. The third-order valence-corrected chi connectivity index (χ3v) is 5.61. The smallest absolute Gasteiger partial charge is 0.191 e. The molecule has 1 unspecified atom stereocenters. The van der Waals surface area contributed by atoms with E-state index in [1.165, 1.54) is 5.56 Å². The van der Waals surface area contributed by atoms with Gasteiger partial charge in [-0.05, 0) is 30.5 Å². The van der Waals surface area contributed by atoms with Gasteiger partial charge in [0.05, 0.1) is 28.4 Å². The molecule has 0 spiro atoms. The molecule has 0 amide bonds. The molecule has 1 atom stereocenters. The fraction of sp³-hybridized carbons (Fsp3) is 0.458. The van der Waals surface area contributed by atoms with Crippen LogP contribution in [0.5, 0.6) is 23.0 Å². The summed E-state index contributed by atoms with van der Waals surface area (Å²) in [5, 5.41) is 6.95. The number of benzene rings is 2. The Kier molecular flexibility index (Phi) is 8.30. The average Bonchev–Trinajstić information content (AvgIpc) is 3.31. The third kappa shape index (κ3) is 5.90. The minimum Gasteiger partial charge on any atom is -0.497 e. The lowest BCUT2D eigenvalue weighted by Crippen LogP contribution is -2.45. The highest BCUT2D eigenvalue weighted by Crippen LogP contribution is 2.30. The van der Waals surface area contributed by atoms with Crippen molar-refractivity contribution in [1.82, 2.24) is 10.6 Å². The highest BCUT2D eigenvalue weighted by molar-refractivity contribution is 5.80. The maximum Gasteiger partial charge on any atom is 0.191 e. The number of methoxy groups -OCH3 is 4. The molecule has 0 bridgehead atoms. The van der Waals surface area contributed by atoms with Gasteiger partial charge in [-0.2, -0.15) is 0 Å². The van der Waals surface area contributed by atoms with E-state index < -0.39 is 0 Å². The van der Waals surface area contributed by atoms with Gasteiger partial charge >= 0.3 is 0 Å². The van der Waals surface area contributed by atoms with Crippen molar-refractivity contribution in [3.8, 4) is 23.0 Å². The maximum atomic E-state index is 5.41. The molecule has 1 fully saturated rings. The molecule has 0 saturated carbocycles. The second-order valence-corrected chi connectivity index (χ2v) is 7.59. The zero-order valence-corrected chi connectivity index (χ0v) is 19.6. The molecular formula is C24H34N4O4. The van der Waals surface area contributed by atoms with Crippen LogP contribution in [0.2, 0.25) is 0 Å². The number of ether oxygens (including phenoxy) is 4. The first-order valence-corrected chi connectivity index (χ1v) is 10.8. The fourth-order valence-corrected chi connectivity index (χ4v) is 3.84. The van der Waals surface area contributed by atoms with E-state index in [9.17, 15) is 0 Å². The fourth-order valence-electron chi connectivity index (χ4n) is 3.84. The van der Waals surface area contributed by atoms with Gasteiger partial charge < -0.3 is 34.5 Å². The summed E-state index contributed by atoms with van der Waals surface area (Å²) in [4.78, 5) is 6.72. The van der Waals surface area contributed by atoms with E-state index in [4.69, 9.17) is 18.9 Å². The summed E-state index contributed by atoms with van der Waals surface area (Å²) >= 11 is 0. The average molecular weight is 443 g/mol. The Hall–Kier alpha value is -3.29. The first-order chi connectivity index (χ1) is 15.6. The molecule has 8 heteroatoms. The lowest BCUT2D eigenvalue weighted by molar-refractivity contribution is 0.354. The highest BCUT2D eigenvalue weighted by atomic mass is 16.5. The Labute approximate surface area is 190 Å². The van der Waals surface area contributed by atoms with Crippen molar-refractivity contribution < 1.29 is 18.9 Å². The lowest BCUT2D eigenvalue weighted by atomic mass is 10.1. The van der Waals surface area contributed by atoms with E-state index in [1.807, 2.05) is 30.3 Å². The molecule has 1 saturated heterocycles. The molecule has 1 heterocycles. The largest absolute Gasteiger partial charge is 0.497 e. The molecular weight excluding hydrogens is 408 g/mol. The molecule has 0 aromatic heterocycles. The molecule has 1 aliphatic rings. The monoisotopic (exact) mass is 442 g/mol. The minimum atomic E-state index is 0.305. The van der Waals surface area contributed by atoms with Crippen LogP contribution in [0, 0.1) is 0 Å². The van der Waals surface area contributed by atoms with E-state index >= 15 is 0 Å². The summed E-state index contributed by atoms with van der Waals surface area (Å²) < 4.78 is 21.5. The molecule has 2 N–H and O–H groups in total.